The highest BCUT2D eigenvalue weighted by Gasteiger charge is 2.45. The highest BCUT2D eigenvalue weighted by Crippen LogP contribution is 2.38. The van der Waals surface area contributed by atoms with E-state index in [9.17, 15) is 29.7 Å². The van der Waals surface area contributed by atoms with Crippen molar-refractivity contribution in [1.82, 2.24) is 9.88 Å². The van der Waals surface area contributed by atoms with Crippen LogP contribution in [-0.4, -0.2) is 69.8 Å². The van der Waals surface area contributed by atoms with E-state index in [0.717, 1.165) is 18.4 Å². The zero-order valence-corrected chi connectivity index (χ0v) is 33.1. The van der Waals surface area contributed by atoms with E-state index < -0.39 is 17.7 Å². The molecule has 2 aromatic carbocycles. The molecule has 0 unspecified atom stereocenters. The van der Waals surface area contributed by atoms with Crippen molar-refractivity contribution in [1.29, 1.82) is 0 Å². The van der Waals surface area contributed by atoms with Crippen molar-refractivity contribution < 1.29 is 39.1 Å². The number of nitrogens with zero attached hydrogens (tertiary/aromatic N) is 1. The van der Waals surface area contributed by atoms with Crippen LogP contribution in [0, 0.1) is 0 Å². The number of carbonyl (C=O) groups is 2. The number of methoxy groups -OCH3 is 1. The van der Waals surface area contributed by atoms with Crippen molar-refractivity contribution in [2.75, 3.05) is 20.7 Å². The first-order valence-corrected chi connectivity index (χ1v) is 20.2. The Bertz CT molecular complexity index is 2080. The maximum absolute atomic E-state index is 13.4. The van der Waals surface area contributed by atoms with Gasteiger partial charge >= 0.3 is 5.97 Å². The number of aromatic amines is 1. The lowest BCUT2D eigenvalue weighted by Gasteiger charge is -2.35. The number of aliphatic hydroxyl groups is 2. The number of hydrogen-bond donors (Lipinski definition) is 4. The third-order valence-electron chi connectivity index (χ3n) is 10.4. The molecule has 0 saturated heterocycles. The van der Waals surface area contributed by atoms with Gasteiger partial charge in [-0.25, -0.2) is 4.79 Å². The number of aliphatic hydroxyl groups excluding tert-OH is 1. The molecule has 0 radical (unpaired) electrons. The predicted molar refractivity (Wildman–Crippen MR) is 214 cm³/mol. The van der Waals surface area contributed by atoms with Crippen molar-refractivity contribution in [3.05, 3.63) is 113 Å². The van der Waals surface area contributed by atoms with Gasteiger partial charge in [-0.15, -0.1) is 22.7 Å². The molecule has 1 atom stereocenters. The number of fused-ring (bicyclic) bond motifs is 1. The summed E-state index contributed by atoms with van der Waals surface area (Å²) in [7, 11) is 3.60. The summed E-state index contributed by atoms with van der Waals surface area (Å²) in [6, 6.07) is 17.1. The fraction of sp³-hybridized carbons (Fsp3) is 0.390. The SMILES string of the molecule is COc1cc(CC(=O)CCN(C)C2CCC(OC(=O)C(O)(c3cccs3)c3cccs3)CC2)c(Cl)cc1CCC[C@H](O)c1ccc(O)c2[nH]c(=O)ccc12.F. The molecule has 55 heavy (non-hydrogen) atoms. The quantitative estimate of drug-likeness (QED) is 0.0746. The number of halogens is 2. The number of rotatable bonds is 16. The van der Waals surface area contributed by atoms with Crippen LogP contribution in [0.5, 0.6) is 11.5 Å². The lowest BCUT2D eigenvalue weighted by Crippen LogP contribution is -2.42. The van der Waals surface area contributed by atoms with Gasteiger partial charge in [0.05, 0.1) is 28.5 Å². The number of ketones is 1. The molecule has 6 rings (SSSR count). The molecule has 14 heteroatoms. The number of H-pyrrole nitrogens is 1. The first-order valence-electron chi connectivity index (χ1n) is 18.1. The number of aromatic hydroxyl groups is 1. The summed E-state index contributed by atoms with van der Waals surface area (Å²) in [4.78, 5) is 44.2. The zero-order valence-electron chi connectivity index (χ0n) is 30.7. The van der Waals surface area contributed by atoms with Crippen molar-refractivity contribution in [2.24, 2.45) is 0 Å². The number of phenols is 1. The number of thiophene rings is 2. The first-order chi connectivity index (χ1) is 26.0. The Labute approximate surface area is 331 Å². The van der Waals surface area contributed by atoms with Crippen LogP contribution in [0.25, 0.3) is 10.9 Å². The molecule has 3 aromatic heterocycles. The number of phenolic OH excluding ortho intramolecular Hbond substituents is 1. The number of pyridine rings is 1. The number of aromatic nitrogens is 1. The van der Waals surface area contributed by atoms with Gasteiger partial charge in [0.1, 0.15) is 23.4 Å². The van der Waals surface area contributed by atoms with Gasteiger partial charge in [-0.2, -0.15) is 0 Å². The molecule has 0 amide bonds. The first kappa shape index (κ1) is 42.0. The molecule has 10 nitrogen and oxygen atoms in total. The third-order valence-corrected chi connectivity index (χ3v) is 12.7. The number of Topliss-reactive ketones (excluding diaryl/α,β-unsaturated/α-hetero) is 1. The molecule has 1 aliphatic rings. The van der Waals surface area contributed by atoms with Crippen LogP contribution in [0.2, 0.25) is 5.02 Å². The van der Waals surface area contributed by atoms with E-state index in [1.54, 1.807) is 31.4 Å². The van der Waals surface area contributed by atoms with E-state index in [2.05, 4.69) is 9.88 Å². The zero-order chi connectivity index (χ0) is 38.4. The summed E-state index contributed by atoms with van der Waals surface area (Å²) in [6.45, 7) is 0.589. The number of carbonyl (C=O) groups excluding carboxylic acids is 2. The molecule has 0 spiro atoms. The van der Waals surface area contributed by atoms with Crippen LogP contribution in [-0.2, 0) is 32.8 Å². The van der Waals surface area contributed by atoms with E-state index in [1.807, 2.05) is 42.1 Å². The fourth-order valence-corrected chi connectivity index (χ4v) is 9.23. The lowest BCUT2D eigenvalue weighted by molar-refractivity contribution is -0.169. The molecule has 0 aliphatic heterocycles. The van der Waals surface area contributed by atoms with E-state index in [0.29, 0.717) is 87.6 Å². The second-order valence-electron chi connectivity index (χ2n) is 13.9. The standard InChI is InChI=1S/C41H45ClN2O8S2.FH/c1-44(27-10-12-29(13-11-27)52-40(49)41(50,36-8-4-20-53-36)37-9-5-21-54-37)19-18-28(45)22-26-24-35(51-2)25(23-32(26)42)6-3-7-33(46)30-14-16-34(47)39-31(30)15-17-38(48)43-39;/h4-5,8-9,14-17,20-21,23-24,27,29,33,46-47,50H,3,6-7,10-13,18-19,22H2,1-2H3,(H,43,48);1H/t27?,29?,33-;/m0./s1. The summed E-state index contributed by atoms with van der Waals surface area (Å²) in [5.41, 5.74) is 0.326. The molecule has 4 N–H and O–H groups in total. The summed E-state index contributed by atoms with van der Waals surface area (Å²) in [6.07, 6.45) is 4.03. The van der Waals surface area contributed by atoms with Gasteiger partial charge < -0.3 is 34.7 Å². The molecule has 1 aliphatic carbocycles. The van der Waals surface area contributed by atoms with Crippen LogP contribution in [0.3, 0.4) is 0 Å². The minimum absolute atomic E-state index is 0. The van der Waals surface area contributed by atoms with Crippen LogP contribution < -0.4 is 10.3 Å². The van der Waals surface area contributed by atoms with E-state index >= 15 is 0 Å². The Morgan fingerprint density at radius 2 is 1.71 bits per heavy atom. The highest BCUT2D eigenvalue weighted by molar-refractivity contribution is 7.12. The monoisotopic (exact) mass is 812 g/mol. The maximum atomic E-state index is 13.4. The number of ether oxygens (including phenoxy) is 2. The molecule has 5 aromatic rings. The van der Waals surface area contributed by atoms with Gasteiger partial charge in [0.25, 0.3) is 0 Å². The highest BCUT2D eigenvalue weighted by atomic mass is 35.5. The Kier molecular flexibility index (Phi) is 14.3. The molecule has 0 bridgehead atoms. The van der Waals surface area contributed by atoms with Crippen molar-refractivity contribution in [2.45, 2.75) is 81.6 Å². The Morgan fingerprint density at radius 1 is 1.02 bits per heavy atom. The average molecular weight is 813 g/mol. The number of benzene rings is 2. The molecular formula is C41H46ClFN2O8S2. The minimum Gasteiger partial charge on any atom is -0.506 e. The van der Waals surface area contributed by atoms with Crippen LogP contribution in [0.1, 0.15) is 77.5 Å². The predicted octanol–water partition coefficient (Wildman–Crippen LogP) is 7.45. The third kappa shape index (κ3) is 9.65. The maximum Gasteiger partial charge on any atom is 0.349 e. The van der Waals surface area contributed by atoms with E-state index in [-0.39, 0.29) is 40.4 Å². The number of nitrogens with one attached hydrogen (secondary N) is 1. The van der Waals surface area contributed by atoms with E-state index in [1.165, 1.54) is 34.8 Å². The Morgan fingerprint density at radius 3 is 2.35 bits per heavy atom. The number of aryl methyl sites for hydroxylation is 1. The summed E-state index contributed by atoms with van der Waals surface area (Å²) < 4.78 is 11.6. The van der Waals surface area contributed by atoms with Crippen molar-refractivity contribution in [3.8, 4) is 11.5 Å². The minimum atomic E-state index is -1.82. The van der Waals surface area contributed by atoms with Gasteiger partial charge in [0.2, 0.25) is 11.2 Å². The van der Waals surface area contributed by atoms with Crippen molar-refractivity contribution in [3.63, 3.8) is 0 Å². The van der Waals surface area contributed by atoms with Gasteiger partial charge in [-0.1, -0.05) is 29.8 Å². The molecular weight excluding hydrogens is 767 g/mol. The van der Waals surface area contributed by atoms with Gasteiger partial charge in [-0.3, -0.25) is 14.3 Å². The summed E-state index contributed by atoms with van der Waals surface area (Å²) >= 11 is 9.33. The van der Waals surface area contributed by atoms with Crippen LogP contribution >= 0.6 is 34.3 Å². The molecule has 1 fully saturated rings. The van der Waals surface area contributed by atoms with Crippen LogP contribution in [0.4, 0.5) is 4.70 Å². The molecule has 1 saturated carbocycles. The second kappa shape index (κ2) is 18.7. The fourth-order valence-electron chi connectivity index (χ4n) is 7.26. The average Bonchev–Trinajstić information content (AvgIpc) is 3.92. The Hall–Kier alpha value is -4.11. The topological polar surface area (TPSA) is 149 Å². The van der Waals surface area contributed by atoms with Gasteiger partial charge in [-0.05, 0) is 116 Å². The summed E-state index contributed by atoms with van der Waals surface area (Å²) in [5.74, 6) is -0.00743. The number of hydrogen-bond acceptors (Lipinski definition) is 11. The molecule has 3 heterocycles. The summed E-state index contributed by atoms with van der Waals surface area (Å²) in [5, 5.41) is 37.5. The lowest BCUT2D eigenvalue weighted by atomic mass is 9.91. The largest absolute Gasteiger partial charge is 0.506 e. The van der Waals surface area contributed by atoms with Crippen molar-refractivity contribution >= 4 is 56.9 Å². The number of esters is 1. The van der Waals surface area contributed by atoms with Gasteiger partial charge in [0.15, 0.2) is 0 Å². The smallest absolute Gasteiger partial charge is 0.349 e. The Balaban J connectivity index is 0.00000580. The van der Waals surface area contributed by atoms with Gasteiger partial charge in [0, 0.05) is 41.9 Å². The van der Waals surface area contributed by atoms with E-state index in [4.69, 9.17) is 21.1 Å². The second-order valence-corrected chi connectivity index (χ2v) is 16.2. The van der Waals surface area contributed by atoms with Crippen LogP contribution in [0.15, 0.2) is 76.2 Å². The molecule has 294 valence electrons. The normalized spacial score (nSPS) is 16.5.